The van der Waals surface area contributed by atoms with Gasteiger partial charge in [0.2, 0.25) is 0 Å². The molecule has 0 radical (unpaired) electrons. The molecule has 12 heavy (non-hydrogen) atoms. The number of ether oxygens (including phenoxy) is 1. The van der Waals surface area contributed by atoms with Gasteiger partial charge >= 0.3 is 0 Å². The summed E-state index contributed by atoms with van der Waals surface area (Å²) in [5.74, 6) is 0.0359. The maximum Gasteiger partial charge on any atom is 0.118 e. The lowest BCUT2D eigenvalue weighted by Crippen LogP contribution is -2.37. The average molecular weight is 175 g/mol. The minimum Gasteiger partial charge on any atom is -0.381 e. The maximum absolute atomic E-state index is 13.2. The van der Waals surface area contributed by atoms with Gasteiger partial charge in [0, 0.05) is 19.6 Å². The summed E-state index contributed by atoms with van der Waals surface area (Å²) in [6, 6.07) is 0. The molecule has 0 aliphatic heterocycles. The van der Waals surface area contributed by atoms with E-state index in [4.69, 9.17) is 10.5 Å². The molecular weight excluding hydrogens is 157 g/mol. The third-order valence-corrected chi connectivity index (χ3v) is 2.75. The van der Waals surface area contributed by atoms with Crippen LogP contribution in [-0.4, -0.2) is 25.9 Å². The quantitative estimate of drug-likeness (QED) is 0.705. The number of methoxy groups -OCH3 is 1. The Kier molecular flexibility index (Phi) is 3.95. The molecule has 1 aliphatic rings. The highest BCUT2D eigenvalue weighted by Gasteiger charge is 2.30. The van der Waals surface area contributed by atoms with Gasteiger partial charge in [-0.1, -0.05) is 12.8 Å². The minimum atomic E-state index is -0.879. The van der Waals surface area contributed by atoms with Crippen molar-refractivity contribution < 1.29 is 9.13 Å². The number of hydrogen-bond donors (Lipinski definition) is 1. The Morgan fingerprint density at radius 3 is 2.75 bits per heavy atom. The van der Waals surface area contributed by atoms with Crippen LogP contribution in [0.2, 0.25) is 0 Å². The van der Waals surface area contributed by atoms with Crippen molar-refractivity contribution >= 4 is 0 Å². The molecule has 0 heterocycles. The third kappa shape index (κ3) is 2.17. The highest BCUT2D eigenvalue weighted by molar-refractivity contribution is 4.81. The summed E-state index contributed by atoms with van der Waals surface area (Å²) in [6.45, 7) is 0.129. The lowest BCUT2D eigenvalue weighted by Gasteiger charge is -2.32. The number of nitrogens with two attached hydrogens (primary N) is 1. The van der Waals surface area contributed by atoms with Crippen molar-refractivity contribution in [3.8, 4) is 0 Å². The Balaban J connectivity index is 2.46. The molecule has 2 N–H and O–H groups in total. The van der Waals surface area contributed by atoms with E-state index in [1.165, 1.54) is 0 Å². The summed E-state index contributed by atoms with van der Waals surface area (Å²) in [5, 5.41) is 0. The van der Waals surface area contributed by atoms with E-state index in [2.05, 4.69) is 0 Å². The van der Waals surface area contributed by atoms with Crippen molar-refractivity contribution in [2.45, 2.75) is 38.0 Å². The van der Waals surface area contributed by atoms with E-state index < -0.39 is 6.17 Å². The first kappa shape index (κ1) is 9.93. The molecular formula is C9H18FNO. The Bertz CT molecular complexity index is 132. The average Bonchev–Trinajstić information content (AvgIpc) is 2.16. The fraction of sp³-hybridized carbons (Fsp3) is 1.00. The van der Waals surface area contributed by atoms with Crippen molar-refractivity contribution in [3.63, 3.8) is 0 Å². The molecule has 0 saturated heterocycles. The van der Waals surface area contributed by atoms with Gasteiger partial charge in [-0.15, -0.1) is 0 Å². The van der Waals surface area contributed by atoms with Gasteiger partial charge in [0.15, 0.2) is 0 Å². The van der Waals surface area contributed by atoms with Gasteiger partial charge in [-0.3, -0.25) is 0 Å². The molecule has 2 nitrogen and oxygen atoms in total. The van der Waals surface area contributed by atoms with Crippen LogP contribution >= 0.6 is 0 Å². The van der Waals surface area contributed by atoms with Gasteiger partial charge in [-0.05, 0) is 12.8 Å². The van der Waals surface area contributed by atoms with Crippen molar-refractivity contribution in [1.29, 1.82) is 0 Å². The first-order chi connectivity index (χ1) is 5.79. The topological polar surface area (TPSA) is 35.2 Å². The first-order valence-corrected chi connectivity index (χ1v) is 4.66. The Labute approximate surface area is 73.3 Å². The zero-order valence-electron chi connectivity index (χ0n) is 7.63. The molecule has 72 valence electrons. The molecule has 0 amide bonds. The Hall–Kier alpha value is -0.150. The maximum atomic E-state index is 13.2. The number of alkyl halides is 1. The van der Waals surface area contributed by atoms with Crippen LogP contribution in [0.15, 0.2) is 0 Å². The molecule has 3 unspecified atom stereocenters. The van der Waals surface area contributed by atoms with Crippen LogP contribution < -0.4 is 5.73 Å². The predicted octanol–water partition coefficient (Wildman–Crippen LogP) is 1.49. The van der Waals surface area contributed by atoms with E-state index in [0.717, 1.165) is 25.7 Å². The summed E-state index contributed by atoms with van der Waals surface area (Å²) in [5.41, 5.74) is 5.29. The Morgan fingerprint density at radius 1 is 1.50 bits per heavy atom. The molecule has 1 rings (SSSR count). The normalized spacial score (nSPS) is 33.2. The van der Waals surface area contributed by atoms with Crippen LogP contribution in [0.4, 0.5) is 4.39 Å². The van der Waals surface area contributed by atoms with E-state index >= 15 is 0 Å². The number of hydrogen-bond acceptors (Lipinski definition) is 2. The van der Waals surface area contributed by atoms with E-state index in [-0.39, 0.29) is 18.6 Å². The van der Waals surface area contributed by atoms with Crippen molar-refractivity contribution in [2.75, 3.05) is 13.7 Å². The smallest absolute Gasteiger partial charge is 0.118 e. The highest BCUT2D eigenvalue weighted by atomic mass is 19.1. The minimum absolute atomic E-state index is 0.0359. The fourth-order valence-electron chi connectivity index (χ4n) is 2.01. The summed E-state index contributed by atoms with van der Waals surface area (Å²) in [7, 11) is 1.66. The number of rotatable bonds is 3. The second kappa shape index (κ2) is 4.77. The third-order valence-electron chi connectivity index (χ3n) is 2.75. The van der Waals surface area contributed by atoms with Crippen LogP contribution in [0.1, 0.15) is 25.7 Å². The molecule has 1 saturated carbocycles. The SMILES string of the molecule is COC1CCCCC1C(F)CN. The van der Waals surface area contributed by atoms with Crippen LogP contribution in [0, 0.1) is 5.92 Å². The summed E-state index contributed by atoms with van der Waals surface area (Å²) < 4.78 is 18.5. The molecule has 0 aromatic carbocycles. The van der Waals surface area contributed by atoms with E-state index in [9.17, 15) is 4.39 Å². The largest absolute Gasteiger partial charge is 0.381 e. The van der Waals surface area contributed by atoms with Crippen LogP contribution in [0.25, 0.3) is 0 Å². The molecule has 0 spiro atoms. The molecule has 0 aromatic rings. The van der Waals surface area contributed by atoms with Gasteiger partial charge < -0.3 is 10.5 Å². The lowest BCUT2D eigenvalue weighted by molar-refractivity contribution is -0.00837. The summed E-state index contributed by atoms with van der Waals surface area (Å²) in [4.78, 5) is 0. The van der Waals surface area contributed by atoms with E-state index in [1.54, 1.807) is 7.11 Å². The molecule has 3 atom stereocenters. The standard InChI is InChI=1S/C9H18FNO/c1-12-9-5-3-2-4-7(9)8(10)6-11/h7-9H,2-6,11H2,1H3. The highest BCUT2D eigenvalue weighted by Crippen LogP contribution is 2.29. The molecule has 3 heteroatoms. The van der Waals surface area contributed by atoms with Gasteiger partial charge in [-0.2, -0.15) is 0 Å². The molecule has 1 fully saturated rings. The zero-order valence-corrected chi connectivity index (χ0v) is 7.63. The van der Waals surface area contributed by atoms with Gasteiger partial charge in [0.1, 0.15) is 6.17 Å². The first-order valence-electron chi connectivity index (χ1n) is 4.66. The second-order valence-electron chi connectivity index (χ2n) is 3.47. The van der Waals surface area contributed by atoms with Crippen LogP contribution in [0.5, 0.6) is 0 Å². The molecule has 0 bridgehead atoms. The fourth-order valence-corrected chi connectivity index (χ4v) is 2.01. The monoisotopic (exact) mass is 175 g/mol. The summed E-state index contributed by atoms with van der Waals surface area (Å²) >= 11 is 0. The van der Waals surface area contributed by atoms with Gasteiger partial charge in [0.05, 0.1) is 6.10 Å². The van der Waals surface area contributed by atoms with Crippen molar-refractivity contribution in [2.24, 2.45) is 11.7 Å². The van der Waals surface area contributed by atoms with Crippen LogP contribution in [0.3, 0.4) is 0 Å². The van der Waals surface area contributed by atoms with Crippen molar-refractivity contribution in [3.05, 3.63) is 0 Å². The second-order valence-corrected chi connectivity index (χ2v) is 3.47. The van der Waals surface area contributed by atoms with Gasteiger partial charge in [-0.25, -0.2) is 4.39 Å². The molecule has 1 aliphatic carbocycles. The number of halogens is 1. The zero-order chi connectivity index (χ0) is 8.97. The summed E-state index contributed by atoms with van der Waals surface area (Å²) in [6.07, 6.45) is 3.41. The molecule has 0 aromatic heterocycles. The van der Waals surface area contributed by atoms with E-state index in [0.29, 0.717) is 0 Å². The predicted molar refractivity (Wildman–Crippen MR) is 46.7 cm³/mol. The van der Waals surface area contributed by atoms with Crippen LogP contribution in [-0.2, 0) is 4.74 Å². The lowest BCUT2D eigenvalue weighted by atomic mass is 9.83. The van der Waals surface area contributed by atoms with Crippen molar-refractivity contribution in [1.82, 2.24) is 0 Å². The van der Waals surface area contributed by atoms with Gasteiger partial charge in [0.25, 0.3) is 0 Å². The Morgan fingerprint density at radius 2 is 2.17 bits per heavy atom. The van der Waals surface area contributed by atoms with E-state index in [1.807, 2.05) is 0 Å².